The topological polar surface area (TPSA) is 37.3 Å². The summed E-state index contributed by atoms with van der Waals surface area (Å²) in [5, 5.41) is 10.3. The zero-order valence-electron chi connectivity index (χ0n) is 9.56. The number of aliphatic hydroxyl groups is 1. The van der Waals surface area contributed by atoms with E-state index in [1.165, 1.54) is 0 Å². The Morgan fingerprint density at radius 3 is 2.50 bits per heavy atom. The molecule has 0 unspecified atom stereocenters. The van der Waals surface area contributed by atoms with Crippen molar-refractivity contribution in [3.05, 3.63) is 70.2 Å². The lowest BCUT2D eigenvalue weighted by atomic mass is 9.60. The molecule has 0 fully saturated rings. The van der Waals surface area contributed by atoms with Crippen LogP contribution in [0.5, 0.6) is 0 Å². The Kier molecular flexibility index (Phi) is 2.51. The lowest BCUT2D eigenvalue weighted by molar-refractivity contribution is 0.0793. The maximum Gasteiger partial charge on any atom is 0.180 e. The summed E-state index contributed by atoms with van der Waals surface area (Å²) in [7, 11) is 0. The first-order chi connectivity index (χ1) is 8.70. The predicted octanol–water partition coefficient (Wildman–Crippen LogP) is 2.81. The van der Waals surface area contributed by atoms with Crippen LogP contribution in [0.1, 0.15) is 21.5 Å². The molecule has 0 saturated heterocycles. The van der Waals surface area contributed by atoms with Crippen molar-refractivity contribution in [3.63, 3.8) is 0 Å². The van der Waals surface area contributed by atoms with Crippen molar-refractivity contribution in [2.24, 2.45) is 0 Å². The van der Waals surface area contributed by atoms with Gasteiger partial charge in [0.2, 0.25) is 0 Å². The molecule has 18 heavy (non-hydrogen) atoms. The van der Waals surface area contributed by atoms with Crippen LogP contribution >= 0.6 is 11.6 Å². The summed E-state index contributed by atoms with van der Waals surface area (Å²) in [6.45, 7) is -0.218. The normalized spacial score (nSPS) is 21.3. The van der Waals surface area contributed by atoms with E-state index < -0.39 is 5.41 Å². The number of carbonyl (C=O) groups excluding carboxylic acids is 1. The van der Waals surface area contributed by atoms with Gasteiger partial charge in [-0.3, -0.25) is 4.79 Å². The molecule has 0 amide bonds. The summed E-state index contributed by atoms with van der Waals surface area (Å²) < 4.78 is 0. The fourth-order valence-electron chi connectivity index (χ4n) is 2.62. The number of aliphatic hydroxyl groups excluding tert-OH is 1. The summed E-state index contributed by atoms with van der Waals surface area (Å²) >= 11 is 5.88. The Morgan fingerprint density at radius 1 is 1.11 bits per heavy atom. The van der Waals surface area contributed by atoms with Crippen LogP contribution in [0.4, 0.5) is 0 Å². The average molecular weight is 259 g/mol. The van der Waals surface area contributed by atoms with Gasteiger partial charge in [0.05, 0.1) is 6.61 Å². The highest BCUT2D eigenvalue weighted by Gasteiger charge is 2.52. The zero-order valence-corrected chi connectivity index (χ0v) is 10.3. The Balaban J connectivity index is 2.22. The highest BCUT2D eigenvalue weighted by Crippen LogP contribution is 2.46. The van der Waals surface area contributed by atoms with Crippen LogP contribution < -0.4 is 0 Å². The maximum atomic E-state index is 12.3. The molecule has 0 bridgehead atoms. The van der Waals surface area contributed by atoms with E-state index in [0.717, 1.165) is 11.1 Å². The second-order valence-corrected chi connectivity index (χ2v) is 4.88. The van der Waals surface area contributed by atoms with Crippen LogP contribution in [0.3, 0.4) is 0 Å². The van der Waals surface area contributed by atoms with Gasteiger partial charge in [-0.05, 0) is 23.3 Å². The molecule has 3 heteroatoms. The molecule has 0 aromatic heterocycles. The average Bonchev–Trinajstić information content (AvgIpc) is 2.42. The molecular weight excluding hydrogens is 248 g/mol. The molecule has 2 nitrogen and oxygen atoms in total. The van der Waals surface area contributed by atoms with Crippen LogP contribution in [-0.2, 0) is 5.41 Å². The summed E-state index contributed by atoms with van der Waals surface area (Å²) in [6, 6.07) is 14.6. The van der Waals surface area contributed by atoms with Gasteiger partial charge < -0.3 is 5.11 Å². The van der Waals surface area contributed by atoms with Crippen LogP contribution in [0.2, 0.25) is 5.02 Å². The van der Waals surface area contributed by atoms with Crippen LogP contribution in [0.25, 0.3) is 0 Å². The molecule has 1 aliphatic rings. The van der Waals surface area contributed by atoms with Gasteiger partial charge in [0.15, 0.2) is 5.78 Å². The van der Waals surface area contributed by atoms with E-state index >= 15 is 0 Å². The molecule has 0 heterocycles. The SMILES string of the molecule is O=C1c2cc(Cl)ccc2[C@]1(CO)c1ccccc1. The highest BCUT2D eigenvalue weighted by molar-refractivity contribution is 6.31. The van der Waals surface area contributed by atoms with Crippen molar-refractivity contribution in [3.8, 4) is 0 Å². The van der Waals surface area contributed by atoms with Gasteiger partial charge in [-0.2, -0.15) is 0 Å². The Hall–Kier alpha value is -1.64. The maximum absolute atomic E-state index is 12.3. The molecule has 1 atom stereocenters. The minimum Gasteiger partial charge on any atom is -0.395 e. The lowest BCUT2D eigenvalue weighted by Crippen LogP contribution is -2.50. The zero-order chi connectivity index (χ0) is 12.8. The molecule has 1 N–H and O–H groups in total. The molecule has 3 rings (SSSR count). The molecule has 0 saturated carbocycles. The van der Waals surface area contributed by atoms with Crippen molar-refractivity contribution < 1.29 is 9.90 Å². The lowest BCUT2D eigenvalue weighted by Gasteiger charge is -2.41. The van der Waals surface area contributed by atoms with Gasteiger partial charge in [-0.15, -0.1) is 0 Å². The molecule has 2 aromatic rings. The van der Waals surface area contributed by atoms with Gasteiger partial charge >= 0.3 is 0 Å². The van der Waals surface area contributed by atoms with Gasteiger partial charge in [0, 0.05) is 10.6 Å². The van der Waals surface area contributed by atoms with E-state index in [4.69, 9.17) is 11.6 Å². The molecule has 1 aliphatic carbocycles. The molecule has 0 spiro atoms. The highest BCUT2D eigenvalue weighted by atomic mass is 35.5. The number of carbonyl (C=O) groups is 1. The summed E-state index contributed by atoms with van der Waals surface area (Å²) in [6.07, 6.45) is 0. The second-order valence-electron chi connectivity index (χ2n) is 4.45. The third kappa shape index (κ3) is 1.30. The third-order valence-corrected chi connectivity index (χ3v) is 3.81. The van der Waals surface area contributed by atoms with Gasteiger partial charge in [-0.25, -0.2) is 0 Å². The van der Waals surface area contributed by atoms with E-state index in [-0.39, 0.29) is 12.4 Å². The standard InChI is InChI=1S/C15H11ClO2/c16-11-6-7-13-12(8-11)14(18)15(13,9-17)10-4-2-1-3-5-10/h1-8,17H,9H2/t15-/m0/s1. The van der Waals surface area contributed by atoms with Gasteiger partial charge in [-0.1, -0.05) is 48.0 Å². The first-order valence-corrected chi connectivity index (χ1v) is 6.09. The largest absolute Gasteiger partial charge is 0.395 e. The minimum absolute atomic E-state index is 0.0614. The number of ketones is 1. The number of Topliss-reactive ketones (excluding diaryl/α,β-unsaturated/α-hetero) is 1. The first kappa shape index (κ1) is 11.5. The smallest absolute Gasteiger partial charge is 0.180 e. The van der Waals surface area contributed by atoms with Crippen LogP contribution in [0, 0.1) is 0 Å². The van der Waals surface area contributed by atoms with Crippen molar-refractivity contribution in [1.29, 1.82) is 0 Å². The monoisotopic (exact) mass is 258 g/mol. The fourth-order valence-corrected chi connectivity index (χ4v) is 2.80. The van der Waals surface area contributed by atoms with Crippen molar-refractivity contribution in [2.45, 2.75) is 5.41 Å². The Bertz CT molecular complexity index is 622. The number of fused-ring (bicyclic) bond motifs is 1. The molecular formula is C15H11ClO2. The number of halogens is 1. The van der Waals surface area contributed by atoms with Crippen molar-refractivity contribution >= 4 is 17.4 Å². The quantitative estimate of drug-likeness (QED) is 0.899. The Morgan fingerprint density at radius 2 is 1.83 bits per heavy atom. The van der Waals surface area contributed by atoms with E-state index in [0.29, 0.717) is 10.6 Å². The number of rotatable bonds is 2. The predicted molar refractivity (Wildman–Crippen MR) is 70.1 cm³/mol. The number of benzene rings is 2. The Labute approximate surface area is 110 Å². The van der Waals surface area contributed by atoms with Gasteiger partial charge in [0.1, 0.15) is 5.41 Å². The molecule has 2 aromatic carbocycles. The molecule has 90 valence electrons. The summed E-state index contributed by atoms with van der Waals surface area (Å²) in [5.41, 5.74) is 1.39. The van der Waals surface area contributed by atoms with E-state index in [9.17, 15) is 9.90 Å². The molecule has 0 aliphatic heterocycles. The summed E-state index contributed by atoms with van der Waals surface area (Å²) in [4.78, 5) is 12.3. The third-order valence-electron chi connectivity index (χ3n) is 3.58. The van der Waals surface area contributed by atoms with Crippen molar-refractivity contribution in [1.82, 2.24) is 0 Å². The van der Waals surface area contributed by atoms with Crippen molar-refractivity contribution in [2.75, 3.05) is 6.61 Å². The van der Waals surface area contributed by atoms with Crippen LogP contribution in [0.15, 0.2) is 48.5 Å². The van der Waals surface area contributed by atoms with E-state index in [1.54, 1.807) is 12.1 Å². The molecule has 0 radical (unpaired) electrons. The summed E-state index contributed by atoms with van der Waals surface area (Å²) in [5.74, 6) is -0.0614. The minimum atomic E-state index is -0.902. The number of hydrogen-bond donors (Lipinski definition) is 1. The van der Waals surface area contributed by atoms with Crippen LogP contribution in [-0.4, -0.2) is 17.5 Å². The second kappa shape index (κ2) is 3.94. The fraction of sp³-hybridized carbons (Fsp3) is 0.133. The number of hydrogen-bond acceptors (Lipinski definition) is 2. The van der Waals surface area contributed by atoms with Gasteiger partial charge in [0.25, 0.3) is 0 Å². The van der Waals surface area contributed by atoms with E-state index in [1.807, 2.05) is 36.4 Å². The first-order valence-electron chi connectivity index (χ1n) is 5.71. The van der Waals surface area contributed by atoms with E-state index in [2.05, 4.69) is 0 Å².